The van der Waals surface area contributed by atoms with Crippen LogP contribution in [0.25, 0.3) is 0 Å². The normalized spacial score (nSPS) is 29.0. The molecule has 0 aromatic heterocycles. The third kappa shape index (κ3) is 3.70. The minimum atomic E-state index is -0.234. The van der Waals surface area contributed by atoms with Crippen molar-refractivity contribution in [2.24, 2.45) is 5.41 Å². The maximum absolute atomic E-state index is 12.0. The minimum Gasteiger partial charge on any atom is -0.466 e. The first-order valence-corrected chi connectivity index (χ1v) is 6.97. The van der Waals surface area contributed by atoms with Crippen LogP contribution in [0.1, 0.15) is 59.3 Å². The van der Waals surface area contributed by atoms with Crippen molar-refractivity contribution in [3.8, 4) is 0 Å². The van der Waals surface area contributed by atoms with Gasteiger partial charge in [0.2, 0.25) is 0 Å². The van der Waals surface area contributed by atoms with Gasteiger partial charge in [0, 0.05) is 6.61 Å². The summed E-state index contributed by atoms with van der Waals surface area (Å²) in [5.74, 6) is -0.00329. The molecule has 1 saturated carbocycles. The Morgan fingerprint density at radius 3 is 2.35 bits per heavy atom. The van der Waals surface area contributed by atoms with Gasteiger partial charge < -0.3 is 9.47 Å². The zero-order chi connectivity index (χ0) is 12.7. The molecule has 1 fully saturated rings. The molecule has 0 unspecified atom stereocenters. The van der Waals surface area contributed by atoms with Crippen LogP contribution in [0.3, 0.4) is 0 Å². The topological polar surface area (TPSA) is 35.5 Å². The molecule has 17 heavy (non-hydrogen) atoms. The van der Waals surface area contributed by atoms with Crippen LogP contribution >= 0.6 is 0 Å². The summed E-state index contributed by atoms with van der Waals surface area (Å²) in [6, 6.07) is 0. The van der Waals surface area contributed by atoms with E-state index in [1.807, 2.05) is 6.92 Å². The molecular weight excluding hydrogens is 216 g/mol. The number of rotatable bonds is 6. The number of esters is 1. The Bertz CT molecular complexity index is 230. The van der Waals surface area contributed by atoms with E-state index in [0.29, 0.717) is 12.7 Å². The first kappa shape index (κ1) is 14.5. The van der Waals surface area contributed by atoms with Gasteiger partial charge in [-0.2, -0.15) is 0 Å². The molecule has 0 bridgehead atoms. The first-order chi connectivity index (χ1) is 8.18. The molecule has 0 amide bonds. The van der Waals surface area contributed by atoms with Crippen molar-refractivity contribution in [1.29, 1.82) is 0 Å². The molecule has 1 aliphatic carbocycles. The Morgan fingerprint density at radius 2 is 1.88 bits per heavy atom. The molecule has 1 aliphatic rings. The number of hydrogen-bond acceptors (Lipinski definition) is 3. The van der Waals surface area contributed by atoms with E-state index in [2.05, 4.69) is 13.8 Å². The average Bonchev–Trinajstić information content (AvgIpc) is 2.37. The summed E-state index contributed by atoms with van der Waals surface area (Å²) in [5.41, 5.74) is -0.234. The fourth-order valence-electron chi connectivity index (χ4n) is 2.58. The molecule has 0 heterocycles. The third-order valence-corrected chi connectivity index (χ3v) is 3.83. The summed E-state index contributed by atoms with van der Waals surface area (Å²) < 4.78 is 11.0. The summed E-state index contributed by atoms with van der Waals surface area (Å²) in [5, 5.41) is 0. The summed E-state index contributed by atoms with van der Waals surface area (Å²) in [6.45, 7) is 7.40. The maximum Gasteiger partial charge on any atom is 0.312 e. The smallest absolute Gasteiger partial charge is 0.312 e. The standard InChI is InChI=1S/C14H26O3/c1-4-11-17-12-7-9-14(5-2,10-8-12)13(15)16-6-3/h12H,4-11H2,1-3H3. The molecule has 0 aliphatic heterocycles. The lowest BCUT2D eigenvalue weighted by molar-refractivity contribution is -0.159. The van der Waals surface area contributed by atoms with Crippen LogP contribution in [0.15, 0.2) is 0 Å². The predicted molar refractivity (Wildman–Crippen MR) is 67.9 cm³/mol. The molecule has 3 heteroatoms. The molecule has 0 spiro atoms. The van der Waals surface area contributed by atoms with E-state index in [1.165, 1.54) is 0 Å². The first-order valence-electron chi connectivity index (χ1n) is 6.97. The Kier molecular flexibility index (Phi) is 5.96. The van der Waals surface area contributed by atoms with Crippen molar-refractivity contribution in [3.63, 3.8) is 0 Å². The summed E-state index contributed by atoms with van der Waals surface area (Å²) in [7, 11) is 0. The van der Waals surface area contributed by atoms with E-state index < -0.39 is 0 Å². The minimum absolute atomic E-state index is 0.00329. The van der Waals surface area contributed by atoms with Crippen molar-refractivity contribution in [2.75, 3.05) is 13.2 Å². The van der Waals surface area contributed by atoms with Crippen LogP contribution in [0.2, 0.25) is 0 Å². The van der Waals surface area contributed by atoms with E-state index in [0.717, 1.165) is 45.1 Å². The van der Waals surface area contributed by atoms with Gasteiger partial charge in [-0.3, -0.25) is 4.79 Å². The number of hydrogen-bond donors (Lipinski definition) is 0. The van der Waals surface area contributed by atoms with Gasteiger partial charge in [-0.25, -0.2) is 0 Å². The second-order valence-corrected chi connectivity index (χ2v) is 4.92. The van der Waals surface area contributed by atoms with E-state index >= 15 is 0 Å². The van der Waals surface area contributed by atoms with Gasteiger partial charge in [-0.15, -0.1) is 0 Å². The van der Waals surface area contributed by atoms with Crippen LogP contribution in [0.4, 0.5) is 0 Å². The number of carbonyl (C=O) groups excluding carboxylic acids is 1. The Labute approximate surface area is 105 Å². The van der Waals surface area contributed by atoms with Crippen LogP contribution in [-0.4, -0.2) is 25.3 Å². The lowest BCUT2D eigenvalue weighted by Gasteiger charge is -2.37. The summed E-state index contributed by atoms with van der Waals surface area (Å²) in [4.78, 5) is 12.0. The molecule has 0 radical (unpaired) electrons. The fourth-order valence-corrected chi connectivity index (χ4v) is 2.58. The second kappa shape index (κ2) is 7.00. The highest BCUT2D eigenvalue weighted by Gasteiger charge is 2.41. The molecule has 3 nitrogen and oxygen atoms in total. The van der Waals surface area contributed by atoms with Crippen molar-refractivity contribution in [3.05, 3.63) is 0 Å². The maximum atomic E-state index is 12.0. The highest BCUT2D eigenvalue weighted by atomic mass is 16.5. The van der Waals surface area contributed by atoms with E-state index in [1.54, 1.807) is 0 Å². The molecule has 1 rings (SSSR count). The Morgan fingerprint density at radius 1 is 1.24 bits per heavy atom. The Hall–Kier alpha value is -0.570. The van der Waals surface area contributed by atoms with Gasteiger partial charge in [-0.1, -0.05) is 13.8 Å². The SMILES string of the molecule is CCCOC1CCC(CC)(C(=O)OCC)CC1. The van der Waals surface area contributed by atoms with Gasteiger partial charge in [-0.05, 0) is 45.4 Å². The van der Waals surface area contributed by atoms with Gasteiger partial charge in [0.25, 0.3) is 0 Å². The lowest BCUT2D eigenvalue weighted by atomic mass is 9.71. The van der Waals surface area contributed by atoms with Crippen LogP contribution in [0, 0.1) is 5.41 Å². The van der Waals surface area contributed by atoms with Gasteiger partial charge in [0.1, 0.15) is 0 Å². The molecular formula is C14H26O3. The molecule has 0 saturated heterocycles. The van der Waals surface area contributed by atoms with E-state index in [9.17, 15) is 4.79 Å². The van der Waals surface area contributed by atoms with Crippen LogP contribution in [-0.2, 0) is 14.3 Å². The molecule has 0 aromatic rings. The predicted octanol–water partition coefficient (Wildman–Crippen LogP) is 3.32. The second-order valence-electron chi connectivity index (χ2n) is 4.92. The van der Waals surface area contributed by atoms with E-state index in [-0.39, 0.29) is 11.4 Å². The monoisotopic (exact) mass is 242 g/mol. The summed E-state index contributed by atoms with van der Waals surface area (Å²) >= 11 is 0. The largest absolute Gasteiger partial charge is 0.466 e. The van der Waals surface area contributed by atoms with Gasteiger partial charge >= 0.3 is 5.97 Å². The van der Waals surface area contributed by atoms with Crippen molar-refractivity contribution in [1.82, 2.24) is 0 Å². The molecule has 0 N–H and O–H groups in total. The van der Waals surface area contributed by atoms with Gasteiger partial charge in [0.15, 0.2) is 0 Å². The lowest BCUT2D eigenvalue weighted by Crippen LogP contribution is -2.38. The highest BCUT2D eigenvalue weighted by Crippen LogP contribution is 2.41. The molecule has 0 aromatic carbocycles. The van der Waals surface area contributed by atoms with Gasteiger partial charge in [0.05, 0.1) is 18.1 Å². The average molecular weight is 242 g/mol. The zero-order valence-electron chi connectivity index (χ0n) is 11.5. The van der Waals surface area contributed by atoms with Crippen molar-refractivity contribution in [2.45, 2.75) is 65.4 Å². The fraction of sp³-hybridized carbons (Fsp3) is 0.929. The zero-order valence-corrected chi connectivity index (χ0v) is 11.5. The third-order valence-electron chi connectivity index (χ3n) is 3.83. The quantitative estimate of drug-likeness (QED) is 0.670. The van der Waals surface area contributed by atoms with Crippen LogP contribution in [0.5, 0.6) is 0 Å². The van der Waals surface area contributed by atoms with Crippen molar-refractivity contribution < 1.29 is 14.3 Å². The molecule has 0 atom stereocenters. The van der Waals surface area contributed by atoms with E-state index in [4.69, 9.17) is 9.47 Å². The number of ether oxygens (including phenoxy) is 2. The highest BCUT2D eigenvalue weighted by molar-refractivity contribution is 5.76. The van der Waals surface area contributed by atoms with Crippen molar-refractivity contribution >= 4 is 5.97 Å². The molecule has 100 valence electrons. The van der Waals surface area contributed by atoms with Crippen LogP contribution < -0.4 is 0 Å². The number of carbonyl (C=O) groups is 1. The Balaban J connectivity index is 2.48. The summed E-state index contributed by atoms with van der Waals surface area (Å²) in [6.07, 6.45) is 6.11.